The molecular formula is C23H24N2O2. The fourth-order valence-corrected chi connectivity index (χ4v) is 4.77. The van der Waals surface area contributed by atoms with Gasteiger partial charge in [-0.3, -0.25) is 4.79 Å². The zero-order valence-electron chi connectivity index (χ0n) is 15.8. The van der Waals surface area contributed by atoms with Crippen LogP contribution in [0, 0.1) is 6.92 Å². The van der Waals surface area contributed by atoms with Crippen LogP contribution < -0.4 is 0 Å². The fraction of sp³-hybridized carbons (Fsp3) is 0.348. The minimum Gasteiger partial charge on any atom is -0.376 e. The number of fused-ring (bicyclic) bond motifs is 2. The molecule has 4 heteroatoms. The Hall–Kier alpha value is -2.59. The van der Waals surface area contributed by atoms with Crippen LogP contribution in [0.2, 0.25) is 0 Å². The number of hydrogen-bond donors (Lipinski definition) is 0. The molecule has 0 spiro atoms. The lowest BCUT2D eigenvalue weighted by Gasteiger charge is -2.28. The Morgan fingerprint density at radius 3 is 2.70 bits per heavy atom. The van der Waals surface area contributed by atoms with Crippen LogP contribution in [-0.4, -0.2) is 34.6 Å². The third-order valence-corrected chi connectivity index (χ3v) is 6.20. The van der Waals surface area contributed by atoms with Gasteiger partial charge in [0.05, 0.1) is 12.1 Å². The highest BCUT2D eigenvalue weighted by molar-refractivity contribution is 6.01. The lowest BCUT2D eigenvalue weighted by atomic mass is 9.95. The largest absolute Gasteiger partial charge is 0.376 e. The highest BCUT2D eigenvalue weighted by Gasteiger charge is 2.41. The third kappa shape index (κ3) is 2.43. The second-order valence-corrected chi connectivity index (χ2v) is 7.66. The molecule has 3 heterocycles. The summed E-state index contributed by atoms with van der Waals surface area (Å²) < 4.78 is 8.11. The summed E-state index contributed by atoms with van der Waals surface area (Å²) >= 11 is 0. The molecule has 1 aromatic heterocycles. The van der Waals surface area contributed by atoms with Crippen LogP contribution >= 0.6 is 0 Å². The number of hydrogen-bond acceptors (Lipinski definition) is 2. The summed E-state index contributed by atoms with van der Waals surface area (Å²) in [5.74, 6) is 0.124. The van der Waals surface area contributed by atoms with Crippen molar-refractivity contribution in [3.63, 3.8) is 0 Å². The molecule has 0 N–H and O–H groups in total. The van der Waals surface area contributed by atoms with Gasteiger partial charge in [0, 0.05) is 47.9 Å². The summed E-state index contributed by atoms with van der Waals surface area (Å²) in [6, 6.07) is 16.5. The maximum atomic E-state index is 13.3. The molecule has 0 aliphatic carbocycles. The zero-order valence-corrected chi connectivity index (χ0v) is 15.8. The van der Waals surface area contributed by atoms with Crippen molar-refractivity contribution in [1.29, 1.82) is 0 Å². The molecule has 1 saturated heterocycles. The van der Waals surface area contributed by atoms with Crippen LogP contribution in [0.15, 0.2) is 48.5 Å². The number of amides is 1. The number of ether oxygens (including phenoxy) is 1. The number of aromatic nitrogens is 1. The molecule has 0 saturated carbocycles. The van der Waals surface area contributed by atoms with Crippen molar-refractivity contribution in [2.45, 2.75) is 31.9 Å². The molecule has 3 aromatic rings. The fourth-order valence-electron chi connectivity index (χ4n) is 4.77. The van der Waals surface area contributed by atoms with E-state index >= 15 is 0 Å². The van der Waals surface area contributed by atoms with E-state index in [9.17, 15) is 4.79 Å². The van der Waals surface area contributed by atoms with Crippen molar-refractivity contribution in [2.75, 3.05) is 13.2 Å². The summed E-state index contributed by atoms with van der Waals surface area (Å²) in [5, 5.41) is 1.23. The van der Waals surface area contributed by atoms with Crippen LogP contribution in [0.5, 0.6) is 0 Å². The minimum atomic E-state index is -0.0519. The number of nitrogens with zero attached hydrogens (tertiary/aromatic N) is 2. The van der Waals surface area contributed by atoms with Gasteiger partial charge in [-0.1, -0.05) is 36.4 Å². The predicted octanol–water partition coefficient (Wildman–Crippen LogP) is 4.21. The van der Waals surface area contributed by atoms with Gasteiger partial charge in [0.25, 0.3) is 5.91 Å². The standard InChI is InChI=1S/C23H24N2O2/c1-15-21(19-11-5-6-12-20(19)24(15)2)22-17-9-3-4-10-18(17)23(26)25(22)14-16-8-7-13-27-16/h3-6,9-12,16,22H,7-8,13-14H2,1-2H3. The minimum absolute atomic E-state index is 0.0519. The summed E-state index contributed by atoms with van der Waals surface area (Å²) in [6.07, 6.45) is 2.25. The first-order valence-corrected chi connectivity index (χ1v) is 9.72. The van der Waals surface area contributed by atoms with Gasteiger partial charge in [-0.05, 0) is 37.5 Å². The van der Waals surface area contributed by atoms with E-state index in [2.05, 4.69) is 48.9 Å². The summed E-state index contributed by atoms with van der Waals surface area (Å²) in [5.41, 5.74) is 5.60. The van der Waals surface area contributed by atoms with Crippen molar-refractivity contribution in [1.82, 2.24) is 9.47 Å². The Balaban J connectivity index is 1.70. The van der Waals surface area contributed by atoms with Crippen LogP contribution in [-0.2, 0) is 11.8 Å². The average Bonchev–Trinajstić information content (AvgIpc) is 3.36. The molecule has 5 rings (SSSR count). The molecule has 2 aromatic carbocycles. The van der Waals surface area contributed by atoms with Gasteiger partial charge in [0.1, 0.15) is 0 Å². The highest BCUT2D eigenvalue weighted by atomic mass is 16.5. The van der Waals surface area contributed by atoms with E-state index in [1.165, 1.54) is 22.2 Å². The number of rotatable bonds is 3. The number of carbonyl (C=O) groups excluding carboxylic acids is 1. The Kier molecular flexibility index (Phi) is 3.83. The molecule has 2 aliphatic rings. The van der Waals surface area contributed by atoms with E-state index in [1.54, 1.807) is 0 Å². The van der Waals surface area contributed by atoms with E-state index in [1.807, 2.05) is 23.1 Å². The van der Waals surface area contributed by atoms with Crippen LogP contribution in [0.1, 0.15) is 46.1 Å². The topological polar surface area (TPSA) is 34.5 Å². The smallest absolute Gasteiger partial charge is 0.255 e. The van der Waals surface area contributed by atoms with Crippen molar-refractivity contribution in [3.8, 4) is 0 Å². The molecule has 2 aliphatic heterocycles. The molecule has 1 amide bonds. The van der Waals surface area contributed by atoms with Crippen molar-refractivity contribution < 1.29 is 9.53 Å². The average molecular weight is 360 g/mol. The number of aryl methyl sites for hydroxylation is 1. The molecule has 2 unspecified atom stereocenters. The maximum absolute atomic E-state index is 13.3. The van der Waals surface area contributed by atoms with Crippen LogP contribution in [0.4, 0.5) is 0 Å². The normalized spacial score (nSPS) is 22.0. The Morgan fingerprint density at radius 2 is 1.89 bits per heavy atom. The molecule has 2 atom stereocenters. The van der Waals surface area contributed by atoms with Crippen LogP contribution in [0.25, 0.3) is 10.9 Å². The van der Waals surface area contributed by atoms with Gasteiger partial charge >= 0.3 is 0 Å². The zero-order chi connectivity index (χ0) is 18.5. The van der Waals surface area contributed by atoms with Crippen molar-refractivity contribution in [2.24, 2.45) is 7.05 Å². The second-order valence-electron chi connectivity index (χ2n) is 7.66. The number of carbonyl (C=O) groups is 1. The quantitative estimate of drug-likeness (QED) is 0.701. The molecule has 0 radical (unpaired) electrons. The first-order valence-electron chi connectivity index (χ1n) is 9.72. The number of para-hydroxylation sites is 1. The van der Waals surface area contributed by atoms with Gasteiger partial charge < -0.3 is 14.2 Å². The molecule has 27 heavy (non-hydrogen) atoms. The van der Waals surface area contributed by atoms with Crippen molar-refractivity contribution in [3.05, 3.63) is 70.9 Å². The van der Waals surface area contributed by atoms with E-state index in [-0.39, 0.29) is 18.1 Å². The van der Waals surface area contributed by atoms with Gasteiger partial charge in [-0.25, -0.2) is 0 Å². The lowest BCUT2D eigenvalue weighted by Crippen LogP contribution is -2.36. The van der Waals surface area contributed by atoms with Gasteiger partial charge in [-0.2, -0.15) is 0 Å². The molecule has 4 nitrogen and oxygen atoms in total. The van der Waals surface area contributed by atoms with E-state index in [0.717, 1.165) is 30.6 Å². The summed E-state index contributed by atoms with van der Waals surface area (Å²) in [6.45, 7) is 3.61. The monoisotopic (exact) mass is 360 g/mol. The van der Waals surface area contributed by atoms with E-state index in [4.69, 9.17) is 4.74 Å². The SMILES string of the molecule is Cc1c(C2c3ccccc3C(=O)N2CC2CCCO2)c2ccccc2n1C. The molecule has 1 fully saturated rings. The second kappa shape index (κ2) is 6.24. The first-order chi connectivity index (χ1) is 13.2. The van der Waals surface area contributed by atoms with Gasteiger partial charge in [0.2, 0.25) is 0 Å². The number of benzene rings is 2. The predicted molar refractivity (Wildman–Crippen MR) is 106 cm³/mol. The summed E-state index contributed by atoms with van der Waals surface area (Å²) in [4.78, 5) is 15.3. The highest BCUT2D eigenvalue weighted by Crippen LogP contribution is 2.43. The van der Waals surface area contributed by atoms with E-state index in [0.29, 0.717) is 6.54 Å². The van der Waals surface area contributed by atoms with Crippen molar-refractivity contribution >= 4 is 16.8 Å². The Labute approximate surface area is 159 Å². The molecular weight excluding hydrogens is 336 g/mol. The summed E-state index contributed by atoms with van der Waals surface area (Å²) in [7, 11) is 2.11. The third-order valence-electron chi connectivity index (χ3n) is 6.20. The molecule has 0 bridgehead atoms. The van der Waals surface area contributed by atoms with Gasteiger partial charge in [-0.15, -0.1) is 0 Å². The first kappa shape index (κ1) is 16.6. The van der Waals surface area contributed by atoms with E-state index < -0.39 is 0 Å². The van der Waals surface area contributed by atoms with Crippen LogP contribution in [0.3, 0.4) is 0 Å². The molecule has 138 valence electrons. The van der Waals surface area contributed by atoms with Gasteiger partial charge in [0.15, 0.2) is 0 Å². The Bertz CT molecular complexity index is 1030. The lowest BCUT2D eigenvalue weighted by molar-refractivity contribution is 0.0500. The Morgan fingerprint density at radius 1 is 1.11 bits per heavy atom. The maximum Gasteiger partial charge on any atom is 0.255 e.